The van der Waals surface area contributed by atoms with Crippen LogP contribution >= 0.6 is 0 Å². The topological polar surface area (TPSA) is 47.3 Å². The molecule has 0 spiro atoms. The van der Waals surface area contributed by atoms with Gasteiger partial charge in [0.1, 0.15) is 0 Å². The first-order valence-corrected chi connectivity index (χ1v) is 5.40. The Bertz CT molecular complexity index is 289. The summed E-state index contributed by atoms with van der Waals surface area (Å²) in [5.41, 5.74) is 7.87. The molecular weight excluding hydrogens is 188 g/mol. The summed E-state index contributed by atoms with van der Waals surface area (Å²) < 4.78 is 5.40. The van der Waals surface area contributed by atoms with Gasteiger partial charge in [-0.1, -0.05) is 18.2 Å². The molecule has 1 aromatic rings. The van der Waals surface area contributed by atoms with Crippen LogP contribution in [0, 0.1) is 0 Å². The molecule has 0 heterocycles. The van der Waals surface area contributed by atoms with Crippen LogP contribution in [0.25, 0.3) is 0 Å². The van der Waals surface area contributed by atoms with Crippen LogP contribution in [0.5, 0.6) is 0 Å². The molecule has 3 nitrogen and oxygen atoms in total. The van der Waals surface area contributed by atoms with E-state index in [-0.39, 0.29) is 6.04 Å². The fraction of sp³-hybridized carbons (Fsp3) is 0.500. The summed E-state index contributed by atoms with van der Waals surface area (Å²) in [5, 5.41) is 3.36. The van der Waals surface area contributed by atoms with Gasteiger partial charge in [-0.05, 0) is 19.9 Å². The largest absolute Gasteiger partial charge is 0.381 e. The Hall–Kier alpha value is -1.06. The minimum atomic E-state index is 0.285. The van der Waals surface area contributed by atoms with Crippen LogP contribution in [-0.2, 0) is 11.3 Å². The van der Waals surface area contributed by atoms with Crippen LogP contribution in [-0.4, -0.2) is 19.2 Å². The zero-order valence-corrected chi connectivity index (χ0v) is 9.49. The molecule has 0 bridgehead atoms. The standard InChI is InChI=1S/C12H20N2O/c1-3-15-9-11-6-4-5-7-12(11)14-10(2)8-13/h4-7,10,14H,3,8-9,13H2,1-2H3. The summed E-state index contributed by atoms with van der Waals surface area (Å²) in [7, 11) is 0. The van der Waals surface area contributed by atoms with Crippen LogP contribution in [0.1, 0.15) is 19.4 Å². The molecule has 0 saturated carbocycles. The van der Waals surface area contributed by atoms with E-state index >= 15 is 0 Å². The van der Waals surface area contributed by atoms with Gasteiger partial charge in [0, 0.05) is 30.4 Å². The van der Waals surface area contributed by atoms with Crippen molar-refractivity contribution in [3.05, 3.63) is 29.8 Å². The molecule has 1 unspecified atom stereocenters. The fourth-order valence-corrected chi connectivity index (χ4v) is 1.32. The van der Waals surface area contributed by atoms with E-state index in [4.69, 9.17) is 10.5 Å². The van der Waals surface area contributed by atoms with Crippen molar-refractivity contribution in [1.29, 1.82) is 0 Å². The maximum absolute atomic E-state index is 5.58. The molecule has 0 fully saturated rings. The summed E-state index contributed by atoms with van der Waals surface area (Å²) in [6.45, 7) is 6.08. The Balaban J connectivity index is 2.67. The third-order valence-electron chi connectivity index (χ3n) is 2.23. The van der Waals surface area contributed by atoms with Gasteiger partial charge in [0.05, 0.1) is 6.61 Å². The number of hydrogen-bond donors (Lipinski definition) is 2. The first-order chi connectivity index (χ1) is 7.27. The zero-order valence-electron chi connectivity index (χ0n) is 9.49. The van der Waals surface area contributed by atoms with Crippen LogP contribution < -0.4 is 11.1 Å². The summed E-state index contributed by atoms with van der Waals surface area (Å²) in [6, 6.07) is 8.45. The molecule has 3 heteroatoms. The summed E-state index contributed by atoms with van der Waals surface area (Å²) in [4.78, 5) is 0. The van der Waals surface area contributed by atoms with Gasteiger partial charge in [-0.2, -0.15) is 0 Å². The number of ether oxygens (including phenoxy) is 1. The molecule has 0 aromatic heterocycles. The smallest absolute Gasteiger partial charge is 0.0736 e. The van der Waals surface area contributed by atoms with E-state index in [1.165, 1.54) is 5.56 Å². The van der Waals surface area contributed by atoms with E-state index in [9.17, 15) is 0 Å². The third kappa shape index (κ3) is 3.90. The molecule has 0 saturated heterocycles. The molecule has 1 atom stereocenters. The lowest BCUT2D eigenvalue weighted by Crippen LogP contribution is -2.25. The van der Waals surface area contributed by atoms with Crippen molar-refractivity contribution in [2.24, 2.45) is 5.73 Å². The number of benzene rings is 1. The molecular formula is C12H20N2O. The molecule has 1 aromatic carbocycles. The lowest BCUT2D eigenvalue weighted by Gasteiger charge is -2.16. The van der Waals surface area contributed by atoms with Gasteiger partial charge in [-0.3, -0.25) is 0 Å². The average molecular weight is 208 g/mol. The van der Waals surface area contributed by atoms with E-state index in [2.05, 4.69) is 24.4 Å². The second-order valence-electron chi connectivity index (χ2n) is 3.58. The third-order valence-corrected chi connectivity index (χ3v) is 2.23. The first-order valence-electron chi connectivity index (χ1n) is 5.40. The molecule has 84 valence electrons. The second kappa shape index (κ2) is 6.43. The maximum atomic E-state index is 5.58. The van der Waals surface area contributed by atoms with Crippen LogP contribution in [0.4, 0.5) is 5.69 Å². The van der Waals surface area contributed by atoms with Crippen molar-refractivity contribution in [2.45, 2.75) is 26.5 Å². The van der Waals surface area contributed by atoms with Gasteiger partial charge < -0.3 is 15.8 Å². The number of nitrogens with one attached hydrogen (secondary N) is 1. The Morgan fingerprint density at radius 2 is 2.13 bits per heavy atom. The van der Waals surface area contributed by atoms with E-state index in [1.54, 1.807) is 0 Å². The van der Waals surface area contributed by atoms with Gasteiger partial charge in [0.15, 0.2) is 0 Å². The average Bonchev–Trinajstić information content (AvgIpc) is 2.28. The van der Waals surface area contributed by atoms with Gasteiger partial charge in [-0.15, -0.1) is 0 Å². The molecule has 0 amide bonds. The number of nitrogens with two attached hydrogens (primary N) is 1. The predicted molar refractivity (Wildman–Crippen MR) is 63.9 cm³/mol. The van der Waals surface area contributed by atoms with Gasteiger partial charge in [-0.25, -0.2) is 0 Å². The lowest BCUT2D eigenvalue weighted by molar-refractivity contribution is 0.134. The van der Waals surface area contributed by atoms with Crippen molar-refractivity contribution < 1.29 is 4.74 Å². The highest BCUT2D eigenvalue weighted by Crippen LogP contribution is 2.16. The second-order valence-corrected chi connectivity index (χ2v) is 3.58. The van der Waals surface area contributed by atoms with Crippen LogP contribution in [0.2, 0.25) is 0 Å². The van der Waals surface area contributed by atoms with E-state index in [0.29, 0.717) is 13.2 Å². The normalized spacial score (nSPS) is 12.5. The van der Waals surface area contributed by atoms with E-state index in [0.717, 1.165) is 12.3 Å². The van der Waals surface area contributed by atoms with Crippen molar-refractivity contribution in [3.8, 4) is 0 Å². The fourth-order valence-electron chi connectivity index (χ4n) is 1.32. The minimum absolute atomic E-state index is 0.285. The molecule has 3 N–H and O–H groups in total. The van der Waals surface area contributed by atoms with Crippen molar-refractivity contribution in [2.75, 3.05) is 18.5 Å². The SMILES string of the molecule is CCOCc1ccccc1NC(C)CN. The quantitative estimate of drug-likeness (QED) is 0.751. The Morgan fingerprint density at radius 3 is 2.80 bits per heavy atom. The van der Waals surface area contributed by atoms with Gasteiger partial charge >= 0.3 is 0 Å². The highest BCUT2D eigenvalue weighted by atomic mass is 16.5. The zero-order chi connectivity index (χ0) is 11.1. The first kappa shape index (κ1) is 12.0. The number of rotatable bonds is 6. The van der Waals surface area contributed by atoms with E-state index < -0.39 is 0 Å². The number of para-hydroxylation sites is 1. The highest BCUT2D eigenvalue weighted by molar-refractivity contribution is 5.51. The molecule has 15 heavy (non-hydrogen) atoms. The number of anilines is 1. The van der Waals surface area contributed by atoms with E-state index in [1.807, 2.05) is 19.1 Å². The van der Waals surface area contributed by atoms with Gasteiger partial charge in [0.2, 0.25) is 0 Å². The van der Waals surface area contributed by atoms with Crippen molar-refractivity contribution in [1.82, 2.24) is 0 Å². The lowest BCUT2D eigenvalue weighted by atomic mass is 10.1. The minimum Gasteiger partial charge on any atom is -0.381 e. The van der Waals surface area contributed by atoms with Crippen molar-refractivity contribution >= 4 is 5.69 Å². The summed E-state index contributed by atoms with van der Waals surface area (Å²) >= 11 is 0. The Morgan fingerprint density at radius 1 is 1.40 bits per heavy atom. The number of hydrogen-bond acceptors (Lipinski definition) is 3. The maximum Gasteiger partial charge on any atom is 0.0736 e. The van der Waals surface area contributed by atoms with Crippen molar-refractivity contribution in [3.63, 3.8) is 0 Å². The van der Waals surface area contributed by atoms with Gasteiger partial charge in [0.25, 0.3) is 0 Å². The Labute approximate surface area is 91.6 Å². The predicted octanol–water partition coefficient (Wildman–Crippen LogP) is 1.98. The molecule has 0 radical (unpaired) electrons. The van der Waals surface area contributed by atoms with Crippen LogP contribution in [0.3, 0.4) is 0 Å². The molecule has 0 aliphatic heterocycles. The Kier molecular flexibility index (Phi) is 5.15. The molecule has 0 aliphatic carbocycles. The van der Waals surface area contributed by atoms with Crippen LogP contribution in [0.15, 0.2) is 24.3 Å². The highest BCUT2D eigenvalue weighted by Gasteiger charge is 2.04. The summed E-state index contributed by atoms with van der Waals surface area (Å²) in [5.74, 6) is 0. The summed E-state index contributed by atoms with van der Waals surface area (Å²) in [6.07, 6.45) is 0. The molecule has 1 rings (SSSR count). The molecule has 0 aliphatic rings. The monoisotopic (exact) mass is 208 g/mol.